The molecular formula is C7H13N5. The Labute approximate surface area is 71.6 Å². The van der Waals surface area contributed by atoms with Crippen molar-refractivity contribution in [3.05, 3.63) is 6.20 Å². The Morgan fingerprint density at radius 1 is 1.00 bits per heavy atom. The fourth-order valence-corrected chi connectivity index (χ4v) is 0.867. The molecule has 1 heterocycles. The highest BCUT2D eigenvalue weighted by molar-refractivity contribution is 5.61. The number of nitrogens with zero attached hydrogens (tertiary/aromatic N) is 2. The molecule has 1 aromatic heterocycles. The molecule has 0 amide bonds. The Bertz CT molecular complexity index is 260. The summed E-state index contributed by atoms with van der Waals surface area (Å²) in [4.78, 5) is 8.37. The van der Waals surface area contributed by atoms with E-state index in [1.807, 2.05) is 21.1 Å². The lowest BCUT2D eigenvalue weighted by atomic mass is 10.5. The Kier molecular flexibility index (Phi) is 2.68. The highest BCUT2D eigenvalue weighted by Crippen LogP contribution is 2.16. The largest absolute Gasteiger partial charge is 0.372 e. The lowest BCUT2D eigenvalue weighted by Crippen LogP contribution is -2.04. The third-order valence-corrected chi connectivity index (χ3v) is 1.50. The van der Waals surface area contributed by atoms with E-state index < -0.39 is 0 Å². The summed E-state index contributed by atoms with van der Waals surface area (Å²) in [5, 5.41) is 8.79. The summed E-state index contributed by atoms with van der Waals surface area (Å²) in [7, 11) is 5.43. The molecule has 0 bridgehead atoms. The summed E-state index contributed by atoms with van der Waals surface area (Å²) in [6.45, 7) is 0. The van der Waals surface area contributed by atoms with Crippen LogP contribution in [0, 0.1) is 0 Å². The average molecular weight is 167 g/mol. The molecule has 0 radical (unpaired) electrons. The first-order valence-electron chi connectivity index (χ1n) is 3.72. The molecule has 0 fully saturated rings. The molecule has 66 valence electrons. The van der Waals surface area contributed by atoms with Gasteiger partial charge in [0.25, 0.3) is 0 Å². The van der Waals surface area contributed by atoms with E-state index >= 15 is 0 Å². The van der Waals surface area contributed by atoms with Crippen LogP contribution in [0.3, 0.4) is 0 Å². The number of rotatable bonds is 3. The van der Waals surface area contributed by atoms with Crippen molar-refractivity contribution in [2.45, 2.75) is 0 Å². The molecule has 0 atom stereocenters. The highest BCUT2D eigenvalue weighted by atomic mass is 15.1. The maximum atomic E-state index is 4.23. The van der Waals surface area contributed by atoms with Crippen molar-refractivity contribution in [3.8, 4) is 0 Å². The fraction of sp³-hybridized carbons (Fsp3) is 0.429. The van der Waals surface area contributed by atoms with Crippen LogP contribution in [0.25, 0.3) is 0 Å². The third kappa shape index (κ3) is 1.55. The molecule has 0 aliphatic heterocycles. The van der Waals surface area contributed by atoms with Crippen molar-refractivity contribution in [1.82, 2.24) is 9.97 Å². The van der Waals surface area contributed by atoms with Gasteiger partial charge in [-0.05, 0) is 0 Å². The van der Waals surface area contributed by atoms with Crippen LogP contribution in [0.2, 0.25) is 0 Å². The molecule has 0 saturated heterocycles. The molecule has 5 heteroatoms. The van der Waals surface area contributed by atoms with E-state index in [4.69, 9.17) is 0 Å². The van der Waals surface area contributed by atoms with Gasteiger partial charge in [-0.15, -0.1) is 0 Å². The molecule has 0 spiro atoms. The zero-order valence-corrected chi connectivity index (χ0v) is 7.47. The molecule has 0 aliphatic carbocycles. The van der Waals surface area contributed by atoms with Crippen LogP contribution in [0.4, 0.5) is 17.5 Å². The van der Waals surface area contributed by atoms with Gasteiger partial charge in [0.1, 0.15) is 5.82 Å². The first-order chi connectivity index (χ1) is 5.81. The Morgan fingerprint density at radius 3 is 2.17 bits per heavy atom. The van der Waals surface area contributed by atoms with Crippen molar-refractivity contribution in [2.75, 3.05) is 37.1 Å². The van der Waals surface area contributed by atoms with E-state index in [9.17, 15) is 0 Å². The molecule has 3 N–H and O–H groups in total. The second-order valence-electron chi connectivity index (χ2n) is 2.20. The molecule has 0 aliphatic rings. The number of anilines is 3. The van der Waals surface area contributed by atoms with Gasteiger partial charge in [-0.3, -0.25) is 0 Å². The average Bonchev–Trinajstić information content (AvgIpc) is 2.16. The zero-order valence-electron chi connectivity index (χ0n) is 7.47. The van der Waals surface area contributed by atoms with Crippen LogP contribution in [0.1, 0.15) is 0 Å². The quantitative estimate of drug-likeness (QED) is 0.615. The van der Waals surface area contributed by atoms with Crippen molar-refractivity contribution in [1.29, 1.82) is 0 Å². The van der Waals surface area contributed by atoms with Gasteiger partial charge < -0.3 is 16.0 Å². The standard InChI is InChI=1S/C7H13N5/c1-8-5-4-11-6(9-2)7(10-3)12-5/h4H,1-3H3,(H,9,11)(H2,8,10,12). The summed E-state index contributed by atoms with van der Waals surface area (Å²) in [6.07, 6.45) is 1.67. The number of hydrogen-bond acceptors (Lipinski definition) is 5. The van der Waals surface area contributed by atoms with Crippen LogP contribution >= 0.6 is 0 Å². The van der Waals surface area contributed by atoms with Gasteiger partial charge in [0, 0.05) is 21.1 Å². The van der Waals surface area contributed by atoms with Gasteiger partial charge in [-0.1, -0.05) is 0 Å². The summed E-state index contributed by atoms with van der Waals surface area (Å²) < 4.78 is 0. The third-order valence-electron chi connectivity index (χ3n) is 1.50. The lowest BCUT2D eigenvalue weighted by molar-refractivity contribution is 1.17. The summed E-state index contributed by atoms with van der Waals surface area (Å²) in [5.41, 5.74) is 0. The predicted molar refractivity (Wildman–Crippen MR) is 50.7 cm³/mol. The number of hydrogen-bond donors (Lipinski definition) is 3. The second kappa shape index (κ2) is 3.75. The highest BCUT2D eigenvalue weighted by Gasteiger charge is 2.01. The minimum atomic E-state index is 0.740. The molecule has 0 saturated carbocycles. The SMILES string of the molecule is CNc1cnc(NC)c(NC)n1. The van der Waals surface area contributed by atoms with E-state index in [1.54, 1.807) is 6.20 Å². The molecule has 5 nitrogen and oxygen atoms in total. The van der Waals surface area contributed by atoms with Crippen LogP contribution in [-0.2, 0) is 0 Å². The molecule has 1 rings (SSSR count). The molecule has 1 aromatic rings. The normalized spacial score (nSPS) is 9.25. The van der Waals surface area contributed by atoms with Gasteiger partial charge in [0.05, 0.1) is 6.20 Å². The van der Waals surface area contributed by atoms with Gasteiger partial charge in [0.2, 0.25) is 0 Å². The number of nitrogens with one attached hydrogen (secondary N) is 3. The first kappa shape index (κ1) is 8.58. The van der Waals surface area contributed by atoms with Crippen LogP contribution in [0.5, 0.6) is 0 Å². The second-order valence-corrected chi connectivity index (χ2v) is 2.20. The summed E-state index contributed by atoms with van der Waals surface area (Å²) in [6, 6.07) is 0. The monoisotopic (exact) mass is 167 g/mol. The van der Waals surface area contributed by atoms with E-state index in [-0.39, 0.29) is 0 Å². The van der Waals surface area contributed by atoms with Crippen molar-refractivity contribution in [2.24, 2.45) is 0 Å². The van der Waals surface area contributed by atoms with E-state index in [2.05, 4.69) is 25.9 Å². The minimum absolute atomic E-state index is 0.740. The summed E-state index contributed by atoms with van der Waals surface area (Å²) in [5.74, 6) is 2.24. The van der Waals surface area contributed by atoms with Crippen molar-refractivity contribution < 1.29 is 0 Å². The molecule has 12 heavy (non-hydrogen) atoms. The minimum Gasteiger partial charge on any atom is -0.372 e. The summed E-state index contributed by atoms with van der Waals surface area (Å²) >= 11 is 0. The van der Waals surface area contributed by atoms with Gasteiger partial charge in [0.15, 0.2) is 11.6 Å². The van der Waals surface area contributed by atoms with Gasteiger partial charge in [-0.25, -0.2) is 9.97 Å². The topological polar surface area (TPSA) is 61.9 Å². The number of aromatic nitrogens is 2. The van der Waals surface area contributed by atoms with E-state index in [0.717, 1.165) is 17.5 Å². The van der Waals surface area contributed by atoms with Crippen molar-refractivity contribution >= 4 is 17.5 Å². The lowest BCUT2D eigenvalue weighted by Gasteiger charge is -2.07. The van der Waals surface area contributed by atoms with E-state index in [1.165, 1.54) is 0 Å². The Morgan fingerprint density at radius 2 is 1.67 bits per heavy atom. The Balaban J connectivity index is 3.02. The zero-order chi connectivity index (χ0) is 8.97. The van der Waals surface area contributed by atoms with Gasteiger partial charge >= 0.3 is 0 Å². The van der Waals surface area contributed by atoms with Gasteiger partial charge in [-0.2, -0.15) is 0 Å². The molecular weight excluding hydrogens is 154 g/mol. The Hall–Kier alpha value is -1.52. The fourth-order valence-electron chi connectivity index (χ4n) is 0.867. The van der Waals surface area contributed by atoms with Crippen LogP contribution < -0.4 is 16.0 Å². The van der Waals surface area contributed by atoms with Crippen LogP contribution in [0.15, 0.2) is 6.20 Å². The maximum absolute atomic E-state index is 4.23. The smallest absolute Gasteiger partial charge is 0.171 e. The van der Waals surface area contributed by atoms with E-state index in [0.29, 0.717) is 0 Å². The first-order valence-corrected chi connectivity index (χ1v) is 3.72. The van der Waals surface area contributed by atoms with Crippen LogP contribution in [-0.4, -0.2) is 31.1 Å². The van der Waals surface area contributed by atoms with Crippen molar-refractivity contribution in [3.63, 3.8) is 0 Å². The molecule has 0 aromatic carbocycles. The molecule has 0 unspecified atom stereocenters. The predicted octanol–water partition coefficient (Wildman–Crippen LogP) is 0.602. The maximum Gasteiger partial charge on any atom is 0.171 e.